The lowest BCUT2D eigenvalue weighted by molar-refractivity contribution is 0.431. The molecule has 0 fully saturated rings. The molecule has 7 nitrogen and oxygen atoms in total. The molecular weight excluding hydrogens is 232 g/mol. The minimum atomic E-state index is 0.353. The molecule has 3 aromatic heterocycles. The molecule has 7 heteroatoms. The highest BCUT2D eigenvalue weighted by Crippen LogP contribution is 2.21. The predicted octanol–water partition coefficient (Wildman–Crippen LogP) is 1.34. The number of hydrogen-bond acceptors (Lipinski definition) is 5. The maximum atomic E-state index is 8.73. The topological polar surface area (TPSA) is 96.3 Å². The second-order valence-corrected chi connectivity index (χ2v) is 3.70. The van der Waals surface area contributed by atoms with Crippen molar-refractivity contribution >= 4 is 0 Å². The van der Waals surface area contributed by atoms with E-state index in [1.807, 2.05) is 13.1 Å². The Morgan fingerprint density at radius 2 is 2.39 bits per heavy atom. The lowest BCUT2D eigenvalue weighted by Gasteiger charge is -1.92. The molecule has 0 aliphatic heterocycles. The van der Waals surface area contributed by atoms with Crippen LogP contribution in [0.25, 0.3) is 23.1 Å². The summed E-state index contributed by atoms with van der Waals surface area (Å²) in [5.74, 6) is 1.39. The van der Waals surface area contributed by atoms with Gasteiger partial charge in [-0.1, -0.05) is 5.16 Å². The Morgan fingerprint density at radius 1 is 1.50 bits per heavy atom. The Morgan fingerprint density at radius 3 is 3.06 bits per heavy atom. The van der Waals surface area contributed by atoms with Crippen molar-refractivity contribution < 1.29 is 4.52 Å². The summed E-state index contributed by atoms with van der Waals surface area (Å²) < 4.78 is 6.94. The normalized spacial score (nSPS) is 10.4. The molecule has 0 unspecified atom stereocenters. The average Bonchev–Trinajstić information content (AvgIpc) is 3.07. The molecule has 0 amide bonds. The molecule has 0 spiro atoms. The molecule has 0 saturated heterocycles. The van der Waals surface area contributed by atoms with Crippen molar-refractivity contribution in [3.63, 3.8) is 0 Å². The van der Waals surface area contributed by atoms with E-state index in [-0.39, 0.29) is 0 Å². The Hall–Kier alpha value is -2.88. The molecule has 0 atom stereocenters. The van der Waals surface area contributed by atoms with E-state index in [2.05, 4.69) is 20.1 Å². The number of nitriles is 1. The third-order valence-corrected chi connectivity index (χ3v) is 2.50. The summed E-state index contributed by atoms with van der Waals surface area (Å²) in [5.41, 5.74) is 1.13. The van der Waals surface area contributed by atoms with Crippen LogP contribution in [-0.4, -0.2) is 24.7 Å². The van der Waals surface area contributed by atoms with Gasteiger partial charge in [0.2, 0.25) is 5.82 Å². The van der Waals surface area contributed by atoms with Crippen LogP contribution in [-0.2, 0) is 7.05 Å². The molecule has 0 saturated carbocycles. The number of nitrogens with zero attached hydrogens (tertiary/aromatic N) is 5. The third kappa shape index (κ3) is 1.56. The van der Waals surface area contributed by atoms with Crippen molar-refractivity contribution in [1.82, 2.24) is 24.7 Å². The second-order valence-electron chi connectivity index (χ2n) is 3.70. The highest BCUT2D eigenvalue weighted by molar-refractivity contribution is 5.57. The lowest BCUT2D eigenvalue weighted by Crippen LogP contribution is -1.92. The fourth-order valence-electron chi connectivity index (χ4n) is 1.59. The number of H-pyrrole nitrogens is 1. The van der Waals surface area contributed by atoms with Gasteiger partial charge in [0, 0.05) is 25.6 Å². The summed E-state index contributed by atoms with van der Waals surface area (Å²) in [7, 11) is 1.85. The van der Waals surface area contributed by atoms with Gasteiger partial charge in [0.15, 0.2) is 5.82 Å². The molecular formula is C11H8N6O. The van der Waals surface area contributed by atoms with Gasteiger partial charge in [-0.05, 0) is 6.07 Å². The number of imidazole rings is 1. The van der Waals surface area contributed by atoms with Crippen LogP contribution in [0, 0.1) is 11.3 Å². The van der Waals surface area contributed by atoms with Crippen LogP contribution in [0.3, 0.4) is 0 Å². The number of hydrogen-bond donors (Lipinski definition) is 1. The number of nitrogens with one attached hydrogen (secondary N) is 1. The molecule has 88 valence electrons. The number of aromatic nitrogens is 5. The smallest absolute Gasteiger partial charge is 0.259 e. The molecule has 3 rings (SSSR count). The first-order chi connectivity index (χ1) is 8.78. The Balaban J connectivity index is 1.99. The minimum absolute atomic E-state index is 0.353. The SMILES string of the molecule is Cn1ccnc1-c1noc(-c2c[nH]c(C#N)c2)n1. The van der Waals surface area contributed by atoms with Crippen LogP contribution in [0.15, 0.2) is 29.2 Å². The Kier molecular flexibility index (Phi) is 2.20. The maximum Gasteiger partial charge on any atom is 0.259 e. The van der Waals surface area contributed by atoms with E-state index in [1.165, 1.54) is 0 Å². The summed E-state index contributed by atoms with van der Waals surface area (Å²) >= 11 is 0. The molecule has 3 heterocycles. The van der Waals surface area contributed by atoms with E-state index in [4.69, 9.17) is 9.78 Å². The van der Waals surface area contributed by atoms with Gasteiger partial charge in [-0.15, -0.1) is 0 Å². The molecule has 0 bridgehead atoms. The van der Waals surface area contributed by atoms with Crippen molar-refractivity contribution in [2.45, 2.75) is 0 Å². The van der Waals surface area contributed by atoms with E-state index in [0.717, 1.165) is 0 Å². The fourth-order valence-corrected chi connectivity index (χ4v) is 1.59. The van der Waals surface area contributed by atoms with Crippen molar-refractivity contribution in [3.05, 3.63) is 30.4 Å². The molecule has 0 radical (unpaired) electrons. The van der Waals surface area contributed by atoms with Crippen molar-refractivity contribution in [1.29, 1.82) is 5.26 Å². The average molecular weight is 240 g/mol. The van der Waals surface area contributed by atoms with Crippen molar-refractivity contribution in [2.24, 2.45) is 7.05 Å². The minimum Gasteiger partial charge on any atom is -0.352 e. The van der Waals surface area contributed by atoms with Crippen LogP contribution in [0.1, 0.15) is 5.69 Å². The molecule has 18 heavy (non-hydrogen) atoms. The van der Waals surface area contributed by atoms with E-state index < -0.39 is 0 Å². The van der Waals surface area contributed by atoms with Gasteiger partial charge in [0.05, 0.1) is 5.56 Å². The van der Waals surface area contributed by atoms with Gasteiger partial charge in [-0.2, -0.15) is 10.2 Å². The number of rotatable bonds is 2. The highest BCUT2D eigenvalue weighted by Gasteiger charge is 2.14. The standard InChI is InChI=1S/C11H8N6O/c1-17-3-2-13-10(17)9-15-11(18-16-9)7-4-8(5-12)14-6-7/h2-4,6,14H,1H3. The maximum absolute atomic E-state index is 8.73. The summed E-state index contributed by atoms with van der Waals surface area (Å²) in [6.45, 7) is 0. The van der Waals surface area contributed by atoms with Crippen LogP contribution in [0.5, 0.6) is 0 Å². The zero-order valence-electron chi connectivity index (χ0n) is 9.45. The zero-order chi connectivity index (χ0) is 12.5. The second kappa shape index (κ2) is 3.85. The van der Waals surface area contributed by atoms with E-state index >= 15 is 0 Å². The molecule has 1 N–H and O–H groups in total. The van der Waals surface area contributed by atoms with Crippen LogP contribution in [0.4, 0.5) is 0 Å². The van der Waals surface area contributed by atoms with Crippen LogP contribution in [0.2, 0.25) is 0 Å². The van der Waals surface area contributed by atoms with Crippen LogP contribution < -0.4 is 0 Å². The van der Waals surface area contributed by atoms with Gasteiger partial charge >= 0.3 is 0 Å². The van der Waals surface area contributed by atoms with E-state index in [0.29, 0.717) is 28.8 Å². The number of aromatic amines is 1. The third-order valence-electron chi connectivity index (χ3n) is 2.50. The van der Waals surface area contributed by atoms with Crippen molar-refractivity contribution in [3.8, 4) is 29.2 Å². The first kappa shape index (κ1) is 10.3. The van der Waals surface area contributed by atoms with Gasteiger partial charge in [0.1, 0.15) is 11.8 Å². The van der Waals surface area contributed by atoms with Crippen molar-refractivity contribution in [2.75, 3.05) is 0 Å². The molecule has 3 aromatic rings. The van der Waals surface area contributed by atoms with Gasteiger partial charge in [0.25, 0.3) is 5.89 Å². The van der Waals surface area contributed by atoms with Crippen LogP contribution >= 0.6 is 0 Å². The van der Waals surface area contributed by atoms with E-state index in [1.54, 1.807) is 29.2 Å². The van der Waals surface area contributed by atoms with Gasteiger partial charge < -0.3 is 14.1 Å². The fraction of sp³-hybridized carbons (Fsp3) is 0.0909. The summed E-state index contributed by atoms with van der Waals surface area (Å²) in [6.07, 6.45) is 5.11. The molecule has 0 aliphatic carbocycles. The van der Waals surface area contributed by atoms with E-state index in [9.17, 15) is 0 Å². The predicted molar refractivity (Wildman–Crippen MR) is 61.0 cm³/mol. The zero-order valence-corrected chi connectivity index (χ0v) is 9.45. The highest BCUT2D eigenvalue weighted by atomic mass is 16.5. The lowest BCUT2D eigenvalue weighted by atomic mass is 10.3. The monoisotopic (exact) mass is 240 g/mol. The van der Waals surface area contributed by atoms with Gasteiger partial charge in [-0.3, -0.25) is 0 Å². The first-order valence-electron chi connectivity index (χ1n) is 5.18. The summed E-state index contributed by atoms with van der Waals surface area (Å²) in [6, 6.07) is 3.65. The quantitative estimate of drug-likeness (QED) is 0.729. The summed E-state index contributed by atoms with van der Waals surface area (Å²) in [4.78, 5) is 11.2. The molecule has 0 aliphatic rings. The number of aryl methyl sites for hydroxylation is 1. The Bertz CT molecular complexity index is 729. The first-order valence-corrected chi connectivity index (χ1v) is 5.18. The molecule has 0 aromatic carbocycles. The largest absolute Gasteiger partial charge is 0.352 e. The van der Waals surface area contributed by atoms with Gasteiger partial charge in [-0.25, -0.2) is 4.98 Å². The Labute approximate surface area is 102 Å². The summed E-state index contributed by atoms with van der Waals surface area (Å²) in [5, 5.41) is 12.6.